The van der Waals surface area contributed by atoms with Crippen molar-refractivity contribution in [2.24, 2.45) is 0 Å². The molecule has 0 bridgehead atoms. The number of piperazine rings is 1. The van der Waals surface area contributed by atoms with E-state index in [-0.39, 0.29) is 10.8 Å². The Hall–Kier alpha value is -2.71. The molecule has 1 N–H and O–H groups in total. The van der Waals surface area contributed by atoms with Crippen molar-refractivity contribution < 1.29 is 13.2 Å². The molecule has 172 valence electrons. The first-order valence-corrected chi connectivity index (χ1v) is 12.6. The molecule has 4 rings (SSSR count). The maximum Gasteiger partial charge on any atom is 0.243 e. The lowest BCUT2D eigenvalue weighted by molar-refractivity contribution is -0.127. The summed E-state index contributed by atoms with van der Waals surface area (Å²) in [6.07, 6.45) is 0. The number of nitrogens with one attached hydrogen (secondary N) is 1. The van der Waals surface area contributed by atoms with Gasteiger partial charge in [-0.2, -0.15) is 4.31 Å². The molecule has 1 aliphatic heterocycles. The van der Waals surface area contributed by atoms with E-state index in [9.17, 15) is 13.2 Å². The van der Waals surface area contributed by atoms with Gasteiger partial charge in [-0.25, -0.2) is 8.42 Å². The molecule has 33 heavy (non-hydrogen) atoms. The standard InChI is InChI=1S/C25H26ClN3O3S/c26-22-11-13-23(14-12-22)33(31,32)29-17-15-28(16-18-29)24(21-9-5-2-6-10-21)25(30)27-19-20-7-3-1-4-8-20/h1-14,24H,15-19H2,(H,27,30). The van der Waals surface area contributed by atoms with Gasteiger partial charge in [0, 0.05) is 37.7 Å². The third-order valence-electron chi connectivity index (χ3n) is 5.76. The molecule has 1 aliphatic rings. The second-order valence-electron chi connectivity index (χ2n) is 7.91. The predicted molar refractivity (Wildman–Crippen MR) is 129 cm³/mol. The molecular formula is C25H26ClN3O3S. The number of hydrogen-bond acceptors (Lipinski definition) is 4. The molecule has 6 nitrogen and oxygen atoms in total. The number of amides is 1. The fourth-order valence-electron chi connectivity index (χ4n) is 4.00. The van der Waals surface area contributed by atoms with Gasteiger partial charge < -0.3 is 5.32 Å². The van der Waals surface area contributed by atoms with Crippen LogP contribution in [0.4, 0.5) is 0 Å². The highest BCUT2D eigenvalue weighted by Crippen LogP contribution is 2.25. The molecule has 1 atom stereocenters. The number of hydrogen-bond donors (Lipinski definition) is 1. The Kier molecular flexibility index (Phi) is 7.45. The monoisotopic (exact) mass is 483 g/mol. The fraction of sp³-hybridized carbons (Fsp3) is 0.240. The van der Waals surface area contributed by atoms with Gasteiger partial charge in [0.1, 0.15) is 6.04 Å². The van der Waals surface area contributed by atoms with Gasteiger partial charge in [0.2, 0.25) is 15.9 Å². The second-order valence-corrected chi connectivity index (χ2v) is 10.3. The zero-order valence-corrected chi connectivity index (χ0v) is 19.7. The zero-order chi connectivity index (χ0) is 23.3. The maximum atomic E-state index is 13.3. The van der Waals surface area contributed by atoms with Crippen molar-refractivity contribution >= 4 is 27.5 Å². The molecule has 1 saturated heterocycles. The normalized spacial score (nSPS) is 16.3. The average Bonchev–Trinajstić information content (AvgIpc) is 2.85. The van der Waals surface area contributed by atoms with Crippen molar-refractivity contribution in [1.29, 1.82) is 0 Å². The van der Waals surface area contributed by atoms with Crippen molar-refractivity contribution in [3.8, 4) is 0 Å². The van der Waals surface area contributed by atoms with Crippen LogP contribution in [0.15, 0.2) is 89.8 Å². The SMILES string of the molecule is O=C(NCc1ccccc1)C(c1ccccc1)N1CCN(S(=O)(=O)c2ccc(Cl)cc2)CC1. The van der Waals surface area contributed by atoms with E-state index in [1.807, 2.05) is 65.6 Å². The lowest BCUT2D eigenvalue weighted by atomic mass is 10.0. The zero-order valence-electron chi connectivity index (χ0n) is 18.1. The van der Waals surface area contributed by atoms with Crippen LogP contribution in [0.5, 0.6) is 0 Å². The third-order valence-corrected chi connectivity index (χ3v) is 7.93. The minimum Gasteiger partial charge on any atom is -0.350 e. The molecule has 0 aliphatic carbocycles. The largest absolute Gasteiger partial charge is 0.350 e. The lowest BCUT2D eigenvalue weighted by Gasteiger charge is -2.38. The van der Waals surface area contributed by atoms with Crippen LogP contribution in [0.3, 0.4) is 0 Å². The maximum absolute atomic E-state index is 13.3. The minimum atomic E-state index is -3.61. The molecule has 1 fully saturated rings. The van der Waals surface area contributed by atoms with Crippen LogP contribution in [0.1, 0.15) is 17.2 Å². The van der Waals surface area contributed by atoms with E-state index in [1.54, 1.807) is 12.1 Å². The molecule has 1 heterocycles. The van der Waals surface area contributed by atoms with Crippen molar-refractivity contribution in [2.75, 3.05) is 26.2 Å². The molecular weight excluding hydrogens is 458 g/mol. The Morgan fingerprint density at radius 3 is 2.03 bits per heavy atom. The fourth-order valence-corrected chi connectivity index (χ4v) is 5.55. The molecule has 8 heteroatoms. The van der Waals surface area contributed by atoms with Gasteiger partial charge in [-0.05, 0) is 35.4 Å². The summed E-state index contributed by atoms with van der Waals surface area (Å²) in [6, 6.07) is 25.1. The quantitative estimate of drug-likeness (QED) is 0.556. The highest BCUT2D eigenvalue weighted by molar-refractivity contribution is 7.89. The summed E-state index contributed by atoms with van der Waals surface area (Å²) in [5, 5.41) is 3.53. The summed E-state index contributed by atoms with van der Waals surface area (Å²) in [7, 11) is -3.61. The van der Waals surface area contributed by atoms with Crippen LogP contribution >= 0.6 is 11.6 Å². The first kappa shape index (κ1) is 23.4. The number of nitrogens with zero attached hydrogens (tertiary/aromatic N) is 2. The van der Waals surface area contributed by atoms with E-state index in [0.717, 1.165) is 11.1 Å². The van der Waals surface area contributed by atoms with Gasteiger partial charge in [0.15, 0.2) is 0 Å². The molecule has 1 amide bonds. The molecule has 0 saturated carbocycles. The molecule has 0 aromatic heterocycles. The summed E-state index contributed by atoms with van der Waals surface area (Å²) < 4.78 is 27.5. The lowest BCUT2D eigenvalue weighted by Crippen LogP contribution is -2.52. The van der Waals surface area contributed by atoms with Crippen molar-refractivity contribution in [2.45, 2.75) is 17.5 Å². The molecule has 0 spiro atoms. The molecule has 3 aromatic carbocycles. The van der Waals surface area contributed by atoms with E-state index >= 15 is 0 Å². The van der Waals surface area contributed by atoms with Gasteiger partial charge in [0.05, 0.1) is 4.90 Å². The third kappa shape index (κ3) is 5.62. The highest BCUT2D eigenvalue weighted by atomic mass is 35.5. The summed E-state index contributed by atoms with van der Waals surface area (Å²) in [5.74, 6) is -0.0981. The van der Waals surface area contributed by atoms with E-state index < -0.39 is 16.1 Å². The minimum absolute atomic E-state index is 0.0981. The Labute approximate surface area is 199 Å². The van der Waals surface area contributed by atoms with E-state index in [2.05, 4.69) is 5.32 Å². The van der Waals surface area contributed by atoms with Gasteiger partial charge in [-0.15, -0.1) is 0 Å². The molecule has 3 aromatic rings. The Balaban J connectivity index is 1.47. The smallest absolute Gasteiger partial charge is 0.243 e. The number of rotatable bonds is 7. The van der Waals surface area contributed by atoms with Crippen molar-refractivity contribution in [3.05, 3.63) is 101 Å². The van der Waals surface area contributed by atoms with Crippen molar-refractivity contribution in [1.82, 2.24) is 14.5 Å². The Morgan fingerprint density at radius 2 is 1.42 bits per heavy atom. The highest BCUT2D eigenvalue weighted by Gasteiger charge is 2.34. The van der Waals surface area contributed by atoms with Crippen LogP contribution in [-0.4, -0.2) is 49.7 Å². The Morgan fingerprint density at radius 1 is 0.848 bits per heavy atom. The summed E-state index contributed by atoms with van der Waals surface area (Å²) >= 11 is 5.90. The number of sulfonamides is 1. The van der Waals surface area contributed by atoms with Crippen LogP contribution in [-0.2, 0) is 21.4 Å². The Bertz CT molecular complexity index is 1160. The molecule has 1 unspecified atom stereocenters. The first-order valence-electron chi connectivity index (χ1n) is 10.8. The van der Waals surface area contributed by atoms with Gasteiger partial charge in [0.25, 0.3) is 0 Å². The predicted octanol–water partition coefficient (Wildman–Crippen LogP) is 3.70. The number of halogens is 1. The molecule has 0 radical (unpaired) electrons. The van der Waals surface area contributed by atoms with Crippen LogP contribution in [0.25, 0.3) is 0 Å². The van der Waals surface area contributed by atoms with E-state index in [1.165, 1.54) is 16.4 Å². The van der Waals surface area contributed by atoms with Crippen LogP contribution < -0.4 is 5.32 Å². The number of benzene rings is 3. The number of carbonyl (C=O) groups is 1. The topological polar surface area (TPSA) is 69.7 Å². The summed E-state index contributed by atoms with van der Waals surface area (Å²) in [6.45, 7) is 1.95. The van der Waals surface area contributed by atoms with Gasteiger partial charge >= 0.3 is 0 Å². The number of carbonyl (C=O) groups excluding carboxylic acids is 1. The first-order chi connectivity index (χ1) is 15.9. The van der Waals surface area contributed by atoms with Crippen LogP contribution in [0, 0.1) is 0 Å². The summed E-state index contributed by atoms with van der Waals surface area (Å²) in [4.78, 5) is 15.5. The van der Waals surface area contributed by atoms with Gasteiger partial charge in [-0.3, -0.25) is 9.69 Å². The van der Waals surface area contributed by atoms with Gasteiger partial charge in [-0.1, -0.05) is 72.3 Å². The summed E-state index contributed by atoms with van der Waals surface area (Å²) in [5.41, 5.74) is 1.91. The van der Waals surface area contributed by atoms with Crippen molar-refractivity contribution in [3.63, 3.8) is 0 Å². The van der Waals surface area contributed by atoms with E-state index in [4.69, 9.17) is 11.6 Å². The van der Waals surface area contributed by atoms with E-state index in [0.29, 0.717) is 37.7 Å². The average molecular weight is 484 g/mol. The van der Waals surface area contributed by atoms with Crippen LogP contribution in [0.2, 0.25) is 5.02 Å². The second kappa shape index (κ2) is 10.5.